The van der Waals surface area contributed by atoms with Crippen molar-refractivity contribution in [3.8, 4) is 5.69 Å². The Balaban J connectivity index is 1.52. The number of tetrazole rings is 1. The van der Waals surface area contributed by atoms with Crippen LogP contribution in [0.2, 0.25) is 0 Å². The molecule has 1 amide bonds. The van der Waals surface area contributed by atoms with Gasteiger partial charge in [-0.1, -0.05) is 30.0 Å². The molecule has 4 rings (SSSR count). The minimum atomic E-state index is -0.211. The van der Waals surface area contributed by atoms with Crippen molar-refractivity contribution in [2.45, 2.75) is 9.92 Å². The monoisotopic (exact) mass is 374 g/mol. The standard InChI is InChI=1S/C19H14N6OS/c26-18(22-14-8-10-15(11-9-14)25-13-21-23-24-25)17-7-4-12-20-19(17)27-16-5-2-1-3-6-16/h1-13H,(H,22,26). The maximum Gasteiger partial charge on any atom is 0.258 e. The molecule has 2 heterocycles. The topological polar surface area (TPSA) is 85.6 Å². The summed E-state index contributed by atoms with van der Waals surface area (Å²) >= 11 is 1.46. The molecule has 0 aliphatic heterocycles. The van der Waals surface area contributed by atoms with E-state index in [1.807, 2.05) is 42.5 Å². The van der Waals surface area contributed by atoms with E-state index in [-0.39, 0.29) is 5.91 Å². The van der Waals surface area contributed by atoms with Crippen molar-refractivity contribution in [3.05, 3.63) is 84.8 Å². The van der Waals surface area contributed by atoms with Crippen LogP contribution in [0.4, 0.5) is 5.69 Å². The summed E-state index contributed by atoms with van der Waals surface area (Å²) in [6.07, 6.45) is 3.19. The Morgan fingerprint density at radius 1 is 0.963 bits per heavy atom. The van der Waals surface area contributed by atoms with Crippen LogP contribution in [0.3, 0.4) is 0 Å². The number of anilines is 1. The lowest BCUT2D eigenvalue weighted by Crippen LogP contribution is -2.13. The lowest BCUT2D eigenvalue weighted by Gasteiger charge is -2.09. The maximum absolute atomic E-state index is 12.7. The Labute approximate surface area is 159 Å². The Morgan fingerprint density at radius 2 is 1.78 bits per heavy atom. The van der Waals surface area contributed by atoms with E-state index in [4.69, 9.17) is 0 Å². The zero-order chi connectivity index (χ0) is 18.5. The van der Waals surface area contributed by atoms with Gasteiger partial charge in [0.2, 0.25) is 0 Å². The molecule has 0 bridgehead atoms. The number of rotatable bonds is 5. The normalized spacial score (nSPS) is 10.5. The molecule has 8 heteroatoms. The lowest BCUT2D eigenvalue weighted by atomic mass is 10.2. The Bertz CT molecular complexity index is 1040. The summed E-state index contributed by atoms with van der Waals surface area (Å²) in [6, 6.07) is 20.6. The van der Waals surface area contributed by atoms with E-state index in [0.717, 1.165) is 10.6 Å². The average Bonchev–Trinajstić information content (AvgIpc) is 3.25. The first-order chi connectivity index (χ1) is 13.3. The van der Waals surface area contributed by atoms with E-state index in [9.17, 15) is 4.79 Å². The summed E-state index contributed by atoms with van der Waals surface area (Å²) in [5, 5.41) is 14.6. The summed E-state index contributed by atoms with van der Waals surface area (Å²) in [6.45, 7) is 0. The van der Waals surface area contributed by atoms with E-state index in [0.29, 0.717) is 16.3 Å². The number of carbonyl (C=O) groups excluding carboxylic acids is 1. The summed E-state index contributed by atoms with van der Waals surface area (Å²) in [5.74, 6) is -0.211. The van der Waals surface area contributed by atoms with Gasteiger partial charge >= 0.3 is 0 Å². The fourth-order valence-corrected chi connectivity index (χ4v) is 3.32. The molecular weight excluding hydrogens is 360 g/mol. The smallest absolute Gasteiger partial charge is 0.258 e. The first kappa shape index (κ1) is 16.9. The Hall–Kier alpha value is -3.52. The van der Waals surface area contributed by atoms with Gasteiger partial charge in [0.25, 0.3) is 5.91 Å². The van der Waals surface area contributed by atoms with Gasteiger partial charge in [-0.15, -0.1) is 5.10 Å². The largest absolute Gasteiger partial charge is 0.322 e. The van der Waals surface area contributed by atoms with Crippen LogP contribution in [0, 0.1) is 0 Å². The third-order valence-electron chi connectivity index (χ3n) is 3.71. The van der Waals surface area contributed by atoms with Crippen LogP contribution in [-0.4, -0.2) is 31.1 Å². The van der Waals surface area contributed by atoms with Gasteiger partial charge in [0.05, 0.1) is 11.3 Å². The zero-order valence-corrected chi connectivity index (χ0v) is 14.9. The van der Waals surface area contributed by atoms with Crippen LogP contribution in [0.25, 0.3) is 5.69 Å². The Kier molecular flexibility index (Phi) is 4.88. The number of amides is 1. The summed E-state index contributed by atoms with van der Waals surface area (Å²) < 4.78 is 1.54. The number of pyridine rings is 1. The summed E-state index contributed by atoms with van der Waals surface area (Å²) in [7, 11) is 0. The maximum atomic E-state index is 12.7. The summed E-state index contributed by atoms with van der Waals surface area (Å²) in [5.41, 5.74) is 2.01. The molecule has 1 N–H and O–H groups in total. The highest BCUT2D eigenvalue weighted by atomic mass is 32.2. The third kappa shape index (κ3) is 4.01. The van der Waals surface area contributed by atoms with E-state index < -0.39 is 0 Å². The number of nitrogens with one attached hydrogen (secondary N) is 1. The van der Waals surface area contributed by atoms with Gasteiger partial charge in [-0.3, -0.25) is 4.79 Å². The third-order valence-corrected chi connectivity index (χ3v) is 4.74. The first-order valence-electron chi connectivity index (χ1n) is 8.12. The molecule has 0 fully saturated rings. The van der Waals surface area contributed by atoms with Crippen LogP contribution in [0.1, 0.15) is 10.4 Å². The van der Waals surface area contributed by atoms with Gasteiger partial charge in [0.15, 0.2) is 0 Å². The molecule has 0 saturated carbocycles. The number of hydrogen-bond acceptors (Lipinski definition) is 6. The molecule has 0 atom stereocenters. The molecule has 2 aromatic heterocycles. The molecule has 132 valence electrons. The molecular formula is C19H14N6OS. The van der Waals surface area contributed by atoms with Gasteiger partial charge in [-0.2, -0.15) is 0 Å². The molecule has 27 heavy (non-hydrogen) atoms. The summed E-state index contributed by atoms with van der Waals surface area (Å²) in [4.78, 5) is 18.1. The predicted molar refractivity (Wildman–Crippen MR) is 102 cm³/mol. The fourth-order valence-electron chi connectivity index (χ4n) is 2.42. The predicted octanol–water partition coefficient (Wildman–Crippen LogP) is 3.46. The molecule has 0 unspecified atom stereocenters. The zero-order valence-electron chi connectivity index (χ0n) is 14.1. The van der Waals surface area contributed by atoms with Gasteiger partial charge in [-0.05, 0) is 59.0 Å². The number of benzene rings is 2. The van der Waals surface area contributed by atoms with Crippen LogP contribution in [0.15, 0.2) is 89.2 Å². The lowest BCUT2D eigenvalue weighted by molar-refractivity contribution is 0.102. The van der Waals surface area contributed by atoms with Crippen molar-refractivity contribution in [2.24, 2.45) is 0 Å². The highest BCUT2D eigenvalue weighted by molar-refractivity contribution is 7.99. The second-order valence-electron chi connectivity index (χ2n) is 5.53. The second kappa shape index (κ2) is 7.79. The number of nitrogens with zero attached hydrogens (tertiary/aromatic N) is 5. The van der Waals surface area contributed by atoms with Crippen LogP contribution >= 0.6 is 11.8 Å². The molecule has 0 aliphatic carbocycles. The molecule has 0 saturated heterocycles. The molecule has 4 aromatic rings. The van der Waals surface area contributed by atoms with Crippen LogP contribution < -0.4 is 5.32 Å². The van der Waals surface area contributed by atoms with E-state index >= 15 is 0 Å². The van der Waals surface area contributed by atoms with Gasteiger partial charge in [0.1, 0.15) is 11.4 Å². The van der Waals surface area contributed by atoms with Crippen molar-refractivity contribution in [1.82, 2.24) is 25.2 Å². The van der Waals surface area contributed by atoms with E-state index in [1.165, 1.54) is 18.1 Å². The first-order valence-corrected chi connectivity index (χ1v) is 8.94. The van der Waals surface area contributed by atoms with Gasteiger partial charge < -0.3 is 5.32 Å². The minimum absolute atomic E-state index is 0.211. The molecule has 7 nitrogen and oxygen atoms in total. The van der Waals surface area contributed by atoms with Crippen molar-refractivity contribution < 1.29 is 4.79 Å². The van der Waals surface area contributed by atoms with Crippen molar-refractivity contribution in [3.63, 3.8) is 0 Å². The quantitative estimate of drug-likeness (QED) is 0.576. The number of aromatic nitrogens is 5. The number of carbonyl (C=O) groups is 1. The van der Waals surface area contributed by atoms with Crippen molar-refractivity contribution >= 4 is 23.4 Å². The van der Waals surface area contributed by atoms with Crippen molar-refractivity contribution in [2.75, 3.05) is 5.32 Å². The second-order valence-corrected chi connectivity index (χ2v) is 6.59. The molecule has 0 aliphatic rings. The van der Waals surface area contributed by atoms with Crippen LogP contribution in [-0.2, 0) is 0 Å². The van der Waals surface area contributed by atoms with E-state index in [2.05, 4.69) is 25.8 Å². The fraction of sp³-hybridized carbons (Fsp3) is 0. The SMILES string of the molecule is O=C(Nc1ccc(-n2cnnn2)cc1)c1cccnc1Sc1ccccc1. The number of hydrogen-bond donors (Lipinski definition) is 1. The highest BCUT2D eigenvalue weighted by Crippen LogP contribution is 2.28. The van der Waals surface area contributed by atoms with Gasteiger partial charge in [-0.25, -0.2) is 9.67 Å². The van der Waals surface area contributed by atoms with E-state index in [1.54, 1.807) is 35.1 Å². The minimum Gasteiger partial charge on any atom is -0.322 e. The van der Waals surface area contributed by atoms with Crippen molar-refractivity contribution in [1.29, 1.82) is 0 Å². The van der Waals surface area contributed by atoms with Gasteiger partial charge in [0, 0.05) is 16.8 Å². The highest BCUT2D eigenvalue weighted by Gasteiger charge is 2.14. The van der Waals surface area contributed by atoms with Crippen LogP contribution in [0.5, 0.6) is 0 Å². The molecule has 0 radical (unpaired) electrons. The molecule has 0 spiro atoms. The Morgan fingerprint density at radius 3 is 2.52 bits per heavy atom. The molecule has 2 aromatic carbocycles. The average molecular weight is 374 g/mol.